The molecule has 1 aromatic carbocycles. The molecule has 1 unspecified atom stereocenters. The quantitative estimate of drug-likeness (QED) is 0.528. The molecule has 0 aromatic heterocycles. The van der Waals surface area contributed by atoms with Gasteiger partial charge in [-0.15, -0.1) is 0 Å². The van der Waals surface area contributed by atoms with Gasteiger partial charge in [0.25, 0.3) is 0 Å². The van der Waals surface area contributed by atoms with Gasteiger partial charge in [-0.1, -0.05) is 45.8 Å². The molecule has 1 atom stereocenters. The average Bonchev–Trinajstić information content (AvgIpc) is 2.41. The van der Waals surface area contributed by atoms with Crippen molar-refractivity contribution in [2.24, 2.45) is 0 Å². The van der Waals surface area contributed by atoms with E-state index in [2.05, 4.69) is 27.7 Å². The number of hydrogen-bond acceptors (Lipinski definition) is 1. The van der Waals surface area contributed by atoms with E-state index in [1.54, 1.807) is 12.1 Å². The van der Waals surface area contributed by atoms with Crippen LogP contribution < -0.4 is 0 Å². The Labute approximate surface area is 110 Å². The molecule has 0 bridgehead atoms. The molecule has 0 N–H and O–H groups in total. The van der Waals surface area contributed by atoms with Gasteiger partial charge in [0.15, 0.2) is 5.78 Å². The molecular formula is C15H23FOSi. The highest BCUT2D eigenvalue weighted by atomic mass is 28.3. The van der Waals surface area contributed by atoms with E-state index in [0.29, 0.717) is 5.56 Å². The topological polar surface area (TPSA) is 17.1 Å². The highest BCUT2D eigenvalue weighted by Crippen LogP contribution is 2.35. The summed E-state index contributed by atoms with van der Waals surface area (Å²) in [5, 5.41) is 0. The molecule has 0 saturated carbocycles. The lowest BCUT2D eigenvalue weighted by Gasteiger charge is -2.33. The largest absolute Gasteiger partial charge is 0.294 e. The molecule has 0 heterocycles. The second kappa shape index (κ2) is 6.28. The fourth-order valence-electron chi connectivity index (χ4n) is 2.81. The minimum Gasteiger partial charge on any atom is -0.294 e. The van der Waals surface area contributed by atoms with Gasteiger partial charge in [-0.05, 0) is 24.3 Å². The smallest absolute Gasteiger partial charge is 0.163 e. The monoisotopic (exact) mass is 266 g/mol. The lowest BCUT2D eigenvalue weighted by molar-refractivity contribution is 0.0985. The maximum atomic E-state index is 12.9. The first kappa shape index (κ1) is 15.1. The van der Waals surface area contributed by atoms with Crippen molar-refractivity contribution in [3.63, 3.8) is 0 Å². The van der Waals surface area contributed by atoms with Crippen LogP contribution in [0.1, 0.15) is 38.1 Å². The summed E-state index contributed by atoms with van der Waals surface area (Å²) in [6.45, 7) is 8.67. The molecule has 18 heavy (non-hydrogen) atoms. The van der Waals surface area contributed by atoms with E-state index in [0.717, 1.165) is 18.1 Å². The molecule has 0 aliphatic rings. The molecule has 0 aliphatic carbocycles. The van der Waals surface area contributed by atoms with Gasteiger partial charge in [-0.25, -0.2) is 4.39 Å². The Bertz CT molecular complexity index is 387. The second-order valence-corrected chi connectivity index (χ2v) is 10.7. The summed E-state index contributed by atoms with van der Waals surface area (Å²) in [7, 11) is -1.52. The van der Waals surface area contributed by atoms with Crippen molar-refractivity contribution < 1.29 is 9.18 Å². The van der Waals surface area contributed by atoms with Gasteiger partial charge in [0, 0.05) is 11.1 Å². The minimum atomic E-state index is -1.52. The molecule has 1 rings (SSSR count). The molecule has 0 fully saturated rings. The van der Waals surface area contributed by atoms with Crippen LogP contribution in [0.25, 0.3) is 0 Å². The zero-order chi connectivity index (χ0) is 13.8. The number of hydrogen-bond donors (Lipinski definition) is 0. The van der Waals surface area contributed by atoms with E-state index < -0.39 is 8.07 Å². The molecule has 1 nitrogen and oxygen atoms in total. The first-order chi connectivity index (χ1) is 8.50. The second-order valence-electron chi connectivity index (χ2n) is 5.02. The van der Waals surface area contributed by atoms with Crippen molar-refractivity contribution in [3.05, 3.63) is 35.6 Å². The van der Waals surface area contributed by atoms with Crippen molar-refractivity contribution in [3.8, 4) is 0 Å². The van der Waals surface area contributed by atoms with Crippen LogP contribution in [-0.2, 0) is 0 Å². The summed E-state index contributed by atoms with van der Waals surface area (Å²) < 4.78 is 12.9. The maximum absolute atomic E-state index is 12.9. The normalized spacial score (nSPS) is 13.4. The summed E-state index contributed by atoms with van der Waals surface area (Å²) in [6, 6.07) is 9.35. The minimum absolute atomic E-state index is 0.114. The van der Waals surface area contributed by atoms with Crippen molar-refractivity contribution in [2.75, 3.05) is 0 Å². The van der Waals surface area contributed by atoms with E-state index in [1.165, 1.54) is 12.1 Å². The lowest BCUT2D eigenvalue weighted by Crippen LogP contribution is -2.40. The Morgan fingerprint density at radius 1 is 1.11 bits per heavy atom. The zero-order valence-electron chi connectivity index (χ0n) is 11.8. The number of ketones is 1. The van der Waals surface area contributed by atoms with Crippen molar-refractivity contribution in [1.29, 1.82) is 0 Å². The van der Waals surface area contributed by atoms with Crippen molar-refractivity contribution in [1.82, 2.24) is 0 Å². The number of Topliss-reactive ketones (excluding diaryl/α,β-unsaturated/α-hetero) is 1. The van der Waals surface area contributed by atoms with Crippen LogP contribution in [0.2, 0.25) is 23.7 Å². The third kappa shape index (κ3) is 2.89. The molecule has 0 saturated heterocycles. The van der Waals surface area contributed by atoms with Gasteiger partial charge >= 0.3 is 0 Å². The van der Waals surface area contributed by atoms with Gasteiger partial charge in [0.1, 0.15) is 5.82 Å². The third-order valence-corrected chi connectivity index (χ3v) is 10.9. The Balaban J connectivity index is 2.99. The molecule has 0 radical (unpaired) electrons. The molecule has 0 aliphatic heterocycles. The van der Waals surface area contributed by atoms with Crippen molar-refractivity contribution >= 4 is 13.9 Å². The standard InChI is InChI=1S/C15H23FOSi/c1-5-18(6-2,7-3)12(4)15(17)13-8-10-14(16)11-9-13/h8-12H,5-7H2,1-4H3. The van der Waals surface area contributed by atoms with E-state index >= 15 is 0 Å². The van der Waals surface area contributed by atoms with E-state index in [-0.39, 0.29) is 17.1 Å². The number of rotatable bonds is 6. The highest BCUT2D eigenvalue weighted by molar-refractivity contribution is 6.84. The van der Waals surface area contributed by atoms with Gasteiger partial charge < -0.3 is 0 Å². The number of benzene rings is 1. The lowest BCUT2D eigenvalue weighted by atomic mass is 10.1. The Morgan fingerprint density at radius 3 is 1.94 bits per heavy atom. The SMILES string of the molecule is CC[Si](CC)(CC)C(C)C(=O)c1ccc(F)cc1. The molecule has 0 amide bonds. The first-order valence-corrected chi connectivity index (χ1v) is 9.50. The molecule has 0 spiro atoms. The van der Waals surface area contributed by atoms with E-state index in [1.807, 2.05) is 0 Å². The number of carbonyl (C=O) groups excluding carboxylic acids is 1. The molecular weight excluding hydrogens is 243 g/mol. The Hall–Kier alpha value is -0.963. The predicted molar refractivity (Wildman–Crippen MR) is 77.4 cm³/mol. The Kier molecular flexibility index (Phi) is 5.26. The first-order valence-electron chi connectivity index (χ1n) is 6.80. The average molecular weight is 266 g/mol. The van der Waals surface area contributed by atoms with Gasteiger partial charge in [0.2, 0.25) is 0 Å². The van der Waals surface area contributed by atoms with Crippen LogP contribution in [-0.4, -0.2) is 13.9 Å². The predicted octanol–water partition coefficient (Wildman–Crippen LogP) is 4.91. The van der Waals surface area contributed by atoms with Gasteiger partial charge in [0.05, 0.1) is 8.07 Å². The van der Waals surface area contributed by atoms with Crippen LogP contribution in [0.15, 0.2) is 24.3 Å². The van der Waals surface area contributed by atoms with E-state index in [4.69, 9.17) is 0 Å². The van der Waals surface area contributed by atoms with Gasteiger partial charge in [-0.2, -0.15) is 0 Å². The summed E-state index contributed by atoms with van der Waals surface area (Å²) in [6.07, 6.45) is 0. The van der Waals surface area contributed by atoms with Gasteiger partial charge in [-0.3, -0.25) is 4.79 Å². The summed E-state index contributed by atoms with van der Waals surface area (Å²) in [5.41, 5.74) is 0.763. The van der Waals surface area contributed by atoms with Crippen LogP contribution in [0.5, 0.6) is 0 Å². The fourth-order valence-corrected chi connectivity index (χ4v) is 6.87. The highest BCUT2D eigenvalue weighted by Gasteiger charge is 2.37. The summed E-state index contributed by atoms with van der Waals surface area (Å²) in [5.74, 6) is -0.101. The number of carbonyl (C=O) groups is 1. The Morgan fingerprint density at radius 2 is 1.56 bits per heavy atom. The summed E-state index contributed by atoms with van der Waals surface area (Å²) in [4.78, 5) is 12.5. The number of halogens is 1. The zero-order valence-corrected chi connectivity index (χ0v) is 12.8. The maximum Gasteiger partial charge on any atom is 0.163 e. The van der Waals surface area contributed by atoms with Crippen LogP contribution >= 0.6 is 0 Å². The molecule has 3 heteroatoms. The fraction of sp³-hybridized carbons (Fsp3) is 0.533. The molecule has 1 aromatic rings. The van der Waals surface area contributed by atoms with Crippen LogP contribution in [0.3, 0.4) is 0 Å². The summed E-state index contributed by atoms with van der Waals surface area (Å²) >= 11 is 0. The third-order valence-electron chi connectivity index (χ3n) is 4.55. The molecule has 100 valence electrons. The van der Waals surface area contributed by atoms with Crippen LogP contribution in [0.4, 0.5) is 4.39 Å². The van der Waals surface area contributed by atoms with E-state index in [9.17, 15) is 9.18 Å². The van der Waals surface area contributed by atoms with Crippen molar-refractivity contribution in [2.45, 2.75) is 51.4 Å². The van der Waals surface area contributed by atoms with Crippen LogP contribution in [0, 0.1) is 5.82 Å².